The molecule has 0 bridgehead atoms. The summed E-state index contributed by atoms with van der Waals surface area (Å²) in [4.78, 5) is 5.02. The zero-order chi connectivity index (χ0) is 19.2. The third-order valence-corrected chi connectivity index (χ3v) is 4.62. The molecule has 0 fully saturated rings. The van der Waals surface area contributed by atoms with Crippen LogP contribution in [0.4, 0.5) is 10.1 Å². The van der Waals surface area contributed by atoms with Crippen LogP contribution < -0.4 is 19.5 Å². The van der Waals surface area contributed by atoms with Crippen LogP contribution in [0.25, 0.3) is 5.70 Å². The van der Waals surface area contributed by atoms with Gasteiger partial charge in [0.05, 0.1) is 35.0 Å². The van der Waals surface area contributed by atoms with Gasteiger partial charge in [-0.2, -0.15) is 0 Å². The molecule has 0 amide bonds. The van der Waals surface area contributed by atoms with E-state index in [1.165, 1.54) is 30.3 Å². The third-order valence-electron chi connectivity index (χ3n) is 3.75. The number of fused-ring (bicyclic) bond motifs is 1. The summed E-state index contributed by atoms with van der Waals surface area (Å²) in [6.45, 7) is 4.86. The Morgan fingerprint density at radius 1 is 1.48 bits per heavy atom. The summed E-state index contributed by atoms with van der Waals surface area (Å²) in [5, 5.41) is 10.7. The van der Waals surface area contributed by atoms with Gasteiger partial charge in [-0.05, 0) is 56.1 Å². The molecule has 1 aromatic carbocycles. The Morgan fingerprint density at radius 3 is 3.11 bits per heavy atom. The fourth-order valence-electron chi connectivity index (χ4n) is 2.58. The lowest BCUT2D eigenvalue weighted by Crippen LogP contribution is -2.27. The second-order valence-electron chi connectivity index (χ2n) is 5.91. The van der Waals surface area contributed by atoms with Gasteiger partial charge >= 0.3 is 0 Å². The standard InChI is InChI=1S/C19H21FN4O2S/c1-3-25-17-5-4-13(20)8-18(17)27-24-14-9-15-16(6-7-21)23-12(2)11-26-19(15)22-10-14/h4-10,12,21,23-24H,3,11H2,1-2H3/b16-6-,21-7?. The maximum Gasteiger partial charge on any atom is 0.223 e. The fourth-order valence-corrected chi connectivity index (χ4v) is 3.31. The number of nitrogens with one attached hydrogen (secondary N) is 3. The van der Waals surface area contributed by atoms with Gasteiger partial charge in [0.2, 0.25) is 5.88 Å². The highest BCUT2D eigenvalue weighted by Gasteiger charge is 2.19. The number of nitrogens with zero attached hydrogens (tertiary/aromatic N) is 1. The van der Waals surface area contributed by atoms with Crippen LogP contribution in [-0.2, 0) is 0 Å². The molecule has 3 rings (SSSR count). The average molecular weight is 388 g/mol. The van der Waals surface area contributed by atoms with Crippen LogP contribution >= 0.6 is 11.9 Å². The quantitative estimate of drug-likeness (QED) is 0.511. The summed E-state index contributed by atoms with van der Waals surface area (Å²) < 4.78 is 28.0. The van der Waals surface area contributed by atoms with E-state index in [2.05, 4.69) is 15.0 Å². The van der Waals surface area contributed by atoms with Gasteiger partial charge in [0.1, 0.15) is 18.2 Å². The minimum absolute atomic E-state index is 0.0947. The van der Waals surface area contributed by atoms with Crippen LogP contribution in [0.5, 0.6) is 11.6 Å². The molecule has 1 unspecified atom stereocenters. The van der Waals surface area contributed by atoms with Crippen molar-refractivity contribution < 1.29 is 13.9 Å². The van der Waals surface area contributed by atoms with Crippen molar-refractivity contribution in [1.82, 2.24) is 10.3 Å². The molecule has 8 heteroatoms. The molecule has 142 valence electrons. The first-order chi connectivity index (χ1) is 13.1. The van der Waals surface area contributed by atoms with Crippen LogP contribution in [0.3, 0.4) is 0 Å². The van der Waals surface area contributed by atoms with Crippen molar-refractivity contribution in [2.75, 3.05) is 17.9 Å². The van der Waals surface area contributed by atoms with Crippen LogP contribution in [0.1, 0.15) is 19.4 Å². The zero-order valence-corrected chi connectivity index (χ0v) is 15.9. The molecule has 1 aliphatic rings. The number of hydrogen-bond acceptors (Lipinski definition) is 7. The number of rotatable bonds is 6. The van der Waals surface area contributed by atoms with Gasteiger partial charge in [0.25, 0.3) is 0 Å². The number of halogens is 1. The maximum atomic E-state index is 13.6. The highest BCUT2D eigenvalue weighted by Crippen LogP contribution is 2.33. The van der Waals surface area contributed by atoms with Crippen LogP contribution in [0.2, 0.25) is 0 Å². The van der Waals surface area contributed by atoms with Gasteiger partial charge in [-0.3, -0.25) is 0 Å². The second-order valence-corrected chi connectivity index (χ2v) is 6.76. The van der Waals surface area contributed by atoms with Crippen molar-refractivity contribution in [2.45, 2.75) is 24.8 Å². The van der Waals surface area contributed by atoms with E-state index in [-0.39, 0.29) is 11.9 Å². The van der Waals surface area contributed by atoms with Gasteiger partial charge < -0.3 is 24.9 Å². The van der Waals surface area contributed by atoms with Crippen molar-refractivity contribution in [2.24, 2.45) is 0 Å². The molecule has 0 saturated carbocycles. The Morgan fingerprint density at radius 2 is 2.33 bits per heavy atom. The highest BCUT2D eigenvalue weighted by molar-refractivity contribution is 8.00. The summed E-state index contributed by atoms with van der Waals surface area (Å²) in [5.41, 5.74) is 2.26. The predicted octanol–water partition coefficient (Wildman–Crippen LogP) is 4.10. The minimum atomic E-state index is -0.328. The Labute approximate surface area is 161 Å². The molecular weight excluding hydrogens is 367 g/mol. The van der Waals surface area contributed by atoms with Crippen LogP contribution in [-0.4, -0.2) is 30.5 Å². The van der Waals surface area contributed by atoms with Crippen molar-refractivity contribution >= 4 is 29.5 Å². The van der Waals surface area contributed by atoms with Crippen LogP contribution in [0.15, 0.2) is 41.4 Å². The second kappa shape index (κ2) is 8.77. The molecule has 2 heterocycles. The number of ether oxygens (including phenoxy) is 2. The monoisotopic (exact) mass is 388 g/mol. The topological polar surface area (TPSA) is 79.3 Å². The lowest BCUT2D eigenvalue weighted by molar-refractivity contribution is 0.282. The first-order valence-corrected chi connectivity index (χ1v) is 9.38. The Bertz CT molecular complexity index is 860. The van der Waals surface area contributed by atoms with Gasteiger partial charge in [0, 0.05) is 11.9 Å². The number of benzene rings is 1. The van der Waals surface area contributed by atoms with E-state index in [1.54, 1.807) is 18.3 Å². The molecule has 6 nitrogen and oxygen atoms in total. The van der Waals surface area contributed by atoms with Crippen LogP contribution in [0, 0.1) is 11.2 Å². The largest absolute Gasteiger partial charge is 0.493 e. The van der Waals surface area contributed by atoms with E-state index in [0.29, 0.717) is 29.7 Å². The molecule has 1 aliphatic heterocycles. The number of pyridine rings is 1. The van der Waals surface area contributed by atoms with E-state index in [1.807, 2.05) is 19.9 Å². The third kappa shape index (κ3) is 4.71. The van der Waals surface area contributed by atoms with E-state index < -0.39 is 0 Å². The Balaban J connectivity index is 1.84. The average Bonchev–Trinajstić information content (AvgIpc) is 2.81. The fraction of sp³-hybridized carbons (Fsp3) is 0.263. The lowest BCUT2D eigenvalue weighted by atomic mass is 10.1. The van der Waals surface area contributed by atoms with Crippen molar-refractivity contribution in [1.29, 1.82) is 5.41 Å². The molecular formula is C19H21FN4O2S. The molecule has 0 radical (unpaired) electrons. The Hall–Kier alpha value is -2.74. The summed E-state index contributed by atoms with van der Waals surface area (Å²) in [6, 6.07) is 6.39. The van der Waals surface area contributed by atoms with E-state index in [4.69, 9.17) is 14.9 Å². The maximum absolute atomic E-state index is 13.6. The molecule has 1 atom stereocenters. The highest BCUT2D eigenvalue weighted by atomic mass is 32.2. The van der Waals surface area contributed by atoms with Gasteiger partial charge in [0.15, 0.2) is 0 Å². The predicted molar refractivity (Wildman–Crippen MR) is 106 cm³/mol. The molecule has 0 spiro atoms. The van der Waals surface area contributed by atoms with Crippen molar-refractivity contribution in [3.63, 3.8) is 0 Å². The van der Waals surface area contributed by atoms with Gasteiger partial charge in [-0.15, -0.1) is 0 Å². The SMILES string of the molecule is CCOc1ccc(F)cc1SNc1cnc2c(c1)/C(=C/C=N)NC(C)CO2. The summed E-state index contributed by atoms with van der Waals surface area (Å²) in [5.74, 6) is 0.796. The zero-order valence-electron chi connectivity index (χ0n) is 15.1. The van der Waals surface area contributed by atoms with Crippen molar-refractivity contribution in [3.8, 4) is 11.6 Å². The summed E-state index contributed by atoms with van der Waals surface area (Å²) in [7, 11) is 0. The molecule has 2 aromatic rings. The number of aromatic nitrogens is 1. The molecule has 1 aromatic heterocycles. The first-order valence-electron chi connectivity index (χ1n) is 8.56. The molecule has 27 heavy (non-hydrogen) atoms. The van der Waals surface area contributed by atoms with Gasteiger partial charge in [-0.25, -0.2) is 9.37 Å². The van der Waals surface area contributed by atoms with Crippen molar-refractivity contribution in [3.05, 3.63) is 47.9 Å². The van der Waals surface area contributed by atoms with Gasteiger partial charge in [-0.1, -0.05) is 0 Å². The van der Waals surface area contributed by atoms with E-state index in [9.17, 15) is 4.39 Å². The minimum Gasteiger partial charge on any atom is -0.493 e. The Kier molecular flexibility index (Phi) is 6.18. The molecule has 0 aliphatic carbocycles. The number of allylic oxidation sites excluding steroid dienone is 1. The lowest BCUT2D eigenvalue weighted by Gasteiger charge is -2.13. The number of anilines is 1. The summed E-state index contributed by atoms with van der Waals surface area (Å²) >= 11 is 1.24. The first kappa shape index (κ1) is 19.0. The number of hydrogen-bond donors (Lipinski definition) is 3. The smallest absolute Gasteiger partial charge is 0.223 e. The van der Waals surface area contributed by atoms with E-state index >= 15 is 0 Å². The molecule has 3 N–H and O–H groups in total. The van der Waals surface area contributed by atoms with E-state index in [0.717, 1.165) is 16.9 Å². The molecule has 0 saturated heterocycles. The summed E-state index contributed by atoms with van der Waals surface area (Å²) in [6.07, 6.45) is 4.55. The normalized spacial score (nSPS) is 17.3.